The molecule has 0 saturated carbocycles. The smallest absolute Gasteiger partial charge is 0.394 e. The minimum atomic E-state index is -0.0922. The van der Waals surface area contributed by atoms with Crippen LogP contribution < -0.4 is 10.5 Å². The van der Waals surface area contributed by atoms with Crippen molar-refractivity contribution in [3.63, 3.8) is 0 Å². The largest absolute Gasteiger partial charge is 0.442 e. The van der Waals surface area contributed by atoms with Gasteiger partial charge in [0.15, 0.2) is 0 Å². The zero-order valence-electron chi connectivity index (χ0n) is 9.09. The molecule has 2 aromatic rings. The molecule has 4 heteroatoms. The molecule has 84 valence electrons. The van der Waals surface area contributed by atoms with Gasteiger partial charge < -0.3 is 14.9 Å². The van der Waals surface area contributed by atoms with E-state index in [2.05, 4.69) is 4.98 Å². The molecule has 0 aliphatic rings. The molecule has 0 saturated heterocycles. The summed E-state index contributed by atoms with van der Waals surface area (Å²) in [6.07, 6.45) is 1.68. The summed E-state index contributed by atoms with van der Waals surface area (Å²) in [5.41, 5.74) is 7.20. The molecule has 4 nitrogen and oxygen atoms in total. The van der Waals surface area contributed by atoms with Gasteiger partial charge >= 0.3 is 6.08 Å². The zero-order chi connectivity index (χ0) is 11.4. The maximum Gasteiger partial charge on any atom is 0.394 e. The average molecular weight is 218 g/mol. The Labute approximate surface area is 94.1 Å². The molecule has 2 rings (SSSR count). The van der Waals surface area contributed by atoms with Crippen LogP contribution in [0.25, 0.3) is 0 Å². The summed E-state index contributed by atoms with van der Waals surface area (Å²) >= 11 is 0. The molecular formula is C12H14N2O2. The Kier molecular flexibility index (Phi) is 3.22. The summed E-state index contributed by atoms with van der Waals surface area (Å²) in [6.45, 7) is 2.30. The number of rotatable bonds is 4. The summed E-state index contributed by atoms with van der Waals surface area (Å²) in [6, 6.07) is 9.90. The lowest BCUT2D eigenvalue weighted by atomic mass is 10.1. The third-order valence-corrected chi connectivity index (χ3v) is 2.29. The highest BCUT2D eigenvalue weighted by atomic mass is 16.6. The normalized spacial score (nSPS) is 12.4. The number of hydrogen-bond donors (Lipinski definition) is 1. The molecule has 0 aliphatic carbocycles. The molecule has 0 bridgehead atoms. The first-order valence-corrected chi connectivity index (χ1v) is 5.15. The van der Waals surface area contributed by atoms with E-state index in [-0.39, 0.29) is 12.2 Å². The molecule has 0 spiro atoms. The van der Waals surface area contributed by atoms with Crippen LogP contribution in [0.3, 0.4) is 0 Å². The van der Waals surface area contributed by atoms with Crippen molar-refractivity contribution in [2.75, 3.05) is 0 Å². The van der Waals surface area contributed by atoms with E-state index in [0.717, 1.165) is 5.56 Å². The first-order chi connectivity index (χ1) is 7.79. The third-order valence-electron chi connectivity index (χ3n) is 2.29. The molecule has 0 amide bonds. The van der Waals surface area contributed by atoms with Crippen LogP contribution in [0.2, 0.25) is 0 Å². The topological polar surface area (TPSA) is 61.3 Å². The molecule has 1 unspecified atom stereocenters. The van der Waals surface area contributed by atoms with Crippen molar-refractivity contribution in [3.8, 4) is 6.08 Å². The Morgan fingerprint density at radius 3 is 2.75 bits per heavy atom. The molecule has 1 aromatic heterocycles. The Balaban J connectivity index is 2.05. The van der Waals surface area contributed by atoms with E-state index < -0.39 is 0 Å². The first kappa shape index (κ1) is 10.7. The van der Waals surface area contributed by atoms with Crippen LogP contribution >= 0.6 is 0 Å². The molecule has 16 heavy (non-hydrogen) atoms. The van der Waals surface area contributed by atoms with Crippen molar-refractivity contribution < 1.29 is 9.15 Å². The number of nitrogens with two attached hydrogens (primary N) is 1. The van der Waals surface area contributed by atoms with Crippen molar-refractivity contribution >= 4 is 0 Å². The average Bonchev–Trinajstić information content (AvgIpc) is 2.78. The van der Waals surface area contributed by atoms with Gasteiger partial charge in [-0.2, -0.15) is 4.98 Å². The van der Waals surface area contributed by atoms with E-state index in [0.29, 0.717) is 12.2 Å². The van der Waals surface area contributed by atoms with Crippen molar-refractivity contribution in [2.45, 2.75) is 19.6 Å². The second kappa shape index (κ2) is 4.81. The van der Waals surface area contributed by atoms with Crippen LogP contribution in [-0.4, -0.2) is 4.98 Å². The van der Waals surface area contributed by atoms with Crippen LogP contribution in [0, 0.1) is 0 Å². The molecule has 0 aliphatic heterocycles. The van der Waals surface area contributed by atoms with E-state index in [4.69, 9.17) is 14.9 Å². The van der Waals surface area contributed by atoms with Crippen LogP contribution in [0.4, 0.5) is 0 Å². The predicted octanol–water partition coefficient (Wildman–Crippen LogP) is 2.27. The molecule has 1 atom stereocenters. The maximum atomic E-state index is 5.55. The predicted molar refractivity (Wildman–Crippen MR) is 59.9 cm³/mol. The summed E-state index contributed by atoms with van der Waals surface area (Å²) in [5, 5.41) is 0. The second-order valence-corrected chi connectivity index (χ2v) is 3.48. The van der Waals surface area contributed by atoms with E-state index in [9.17, 15) is 0 Å². The lowest BCUT2D eigenvalue weighted by molar-refractivity contribution is 0.163. The summed E-state index contributed by atoms with van der Waals surface area (Å²) in [7, 11) is 0. The first-order valence-electron chi connectivity index (χ1n) is 5.15. The fourth-order valence-corrected chi connectivity index (χ4v) is 1.38. The van der Waals surface area contributed by atoms with Crippen molar-refractivity contribution in [2.24, 2.45) is 5.73 Å². The highest BCUT2D eigenvalue weighted by Gasteiger charge is 2.10. The van der Waals surface area contributed by atoms with Crippen LogP contribution in [0.5, 0.6) is 6.08 Å². The van der Waals surface area contributed by atoms with Gasteiger partial charge in [-0.25, -0.2) is 0 Å². The van der Waals surface area contributed by atoms with Gasteiger partial charge in [0.2, 0.25) is 0 Å². The van der Waals surface area contributed by atoms with Gasteiger partial charge in [-0.1, -0.05) is 30.3 Å². The van der Waals surface area contributed by atoms with E-state index in [1.807, 2.05) is 37.3 Å². The fraction of sp³-hybridized carbons (Fsp3) is 0.250. The highest BCUT2D eigenvalue weighted by molar-refractivity contribution is 5.17. The number of hydrogen-bond acceptors (Lipinski definition) is 4. The van der Waals surface area contributed by atoms with Crippen LogP contribution in [0.15, 0.2) is 41.0 Å². The van der Waals surface area contributed by atoms with Gasteiger partial charge in [-0.05, 0) is 12.5 Å². The van der Waals surface area contributed by atoms with Crippen molar-refractivity contribution in [1.82, 2.24) is 4.98 Å². The second-order valence-electron chi connectivity index (χ2n) is 3.48. The van der Waals surface area contributed by atoms with E-state index in [1.165, 1.54) is 6.26 Å². The zero-order valence-corrected chi connectivity index (χ0v) is 9.09. The molecular weight excluding hydrogens is 204 g/mol. The molecule has 0 radical (unpaired) electrons. The maximum absolute atomic E-state index is 5.55. The highest BCUT2D eigenvalue weighted by Crippen LogP contribution is 2.20. The lowest BCUT2D eigenvalue weighted by Crippen LogP contribution is -2.03. The van der Waals surface area contributed by atoms with E-state index >= 15 is 0 Å². The van der Waals surface area contributed by atoms with Crippen molar-refractivity contribution in [1.29, 1.82) is 0 Å². The number of oxazole rings is 1. The Morgan fingerprint density at radius 1 is 1.38 bits per heavy atom. The number of nitrogens with zero attached hydrogens (tertiary/aromatic N) is 1. The summed E-state index contributed by atoms with van der Waals surface area (Å²) in [5.74, 6) is 0. The third kappa shape index (κ3) is 2.41. The quantitative estimate of drug-likeness (QED) is 0.855. The minimum Gasteiger partial charge on any atom is -0.442 e. The number of ether oxygens (including phenoxy) is 1. The SMILES string of the molecule is CC(Oc1nc(CN)co1)c1ccccc1. The molecule has 2 N–H and O–H groups in total. The van der Waals surface area contributed by atoms with Crippen LogP contribution in [0.1, 0.15) is 24.3 Å². The lowest BCUT2D eigenvalue weighted by Gasteiger charge is -2.10. The Morgan fingerprint density at radius 2 is 2.12 bits per heavy atom. The van der Waals surface area contributed by atoms with Gasteiger partial charge in [0.25, 0.3) is 0 Å². The summed E-state index contributed by atoms with van der Waals surface area (Å²) in [4.78, 5) is 4.08. The van der Waals surface area contributed by atoms with Gasteiger partial charge in [-0.3, -0.25) is 0 Å². The standard InChI is InChI=1S/C12H14N2O2/c1-9(10-5-3-2-4-6-10)16-12-14-11(7-13)8-15-12/h2-6,8-9H,7,13H2,1H3. The van der Waals surface area contributed by atoms with Gasteiger partial charge in [0.1, 0.15) is 12.4 Å². The van der Waals surface area contributed by atoms with E-state index in [1.54, 1.807) is 0 Å². The molecule has 1 heterocycles. The monoisotopic (exact) mass is 218 g/mol. The van der Waals surface area contributed by atoms with Gasteiger partial charge in [0.05, 0.1) is 5.69 Å². The summed E-state index contributed by atoms with van der Waals surface area (Å²) < 4.78 is 10.7. The Bertz CT molecular complexity index is 439. The van der Waals surface area contributed by atoms with Crippen LogP contribution in [-0.2, 0) is 6.54 Å². The minimum absolute atomic E-state index is 0.0922. The fourth-order valence-electron chi connectivity index (χ4n) is 1.38. The number of aromatic nitrogens is 1. The molecule has 0 fully saturated rings. The van der Waals surface area contributed by atoms with Gasteiger partial charge in [-0.15, -0.1) is 0 Å². The number of benzene rings is 1. The van der Waals surface area contributed by atoms with Gasteiger partial charge in [0, 0.05) is 6.54 Å². The molecule has 1 aromatic carbocycles. The Hall–Kier alpha value is -1.81. The van der Waals surface area contributed by atoms with Crippen molar-refractivity contribution in [3.05, 3.63) is 47.9 Å².